The summed E-state index contributed by atoms with van der Waals surface area (Å²) in [5.74, 6) is 1.19. The number of benzene rings is 1. The van der Waals surface area contributed by atoms with Crippen molar-refractivity contribution in [2.75, 3.05) is 32.8 Å². The summed E-state index contributed by atoms with van der Waals surface area (Å²) < 4.78 is 5.68. The Kier molecular flexibility index (Phi) is 5.87. The number of amides is 1. The summed E-state index contributed by atoms with van der Waals surface area (Å²) in [6.07, 6.45) is 2.46. The molecule has 1 aliphatic heterocycles. The average Bonchev–Trinajstić information content (AvgIpc) is 2.48. The lowest BCUT2D eigenvalue weighted by molar-refractivity contribution is -0.131. The van der Waals surface area contributed by atoms with Crippen LogP contribution >= 0.6 is 0 Å². The Bertz CT molecular complexity index is 428. The molecule has 0 aliphatic carbocycles. The molecular formula is C16H24N2O2. The molecule has 0 unspecified atom stereocenters. The Morgan fingerprint density at radius 2 is 2.10 bits per heavy atom. The Labute approximate surface area is 121 Å². The van der Waals surface area contributed by atoms with Gasteiger partial charge in [-0.3, -0.25) is 4.79 Å². The van der Waals surface area contributed by atoms with E-state index in [0.29, 0.717) is 13.0 Å². The fraction of sp³-hybridized carbons (Fsp3) is 0.562. The third kappa shape index (κ3) is 4.85. The largest absolute Gasteiger partial charge is 0.494 e. The summed E-state index contributed by atoms with van der Waals surface area (Å²) in [4.78, 5) is 13.9. The van der Waals surface area contributed by atoms with Gasteiger partial charge in [-0.05, 0) is 37.5 Å². The number of hydrogen-bond donors (Lipinski definition) is 1. The highest BCUT2D eigenvalue weighted by Crippen LogP contribution is 2.13. The molecule has 4 nitrogen and oxygen atoms in total. The van der Waals surface area contributed by atoms with E-state index in [1.807, 2.05) is 23.1 Å². The summed E-state index contributed by atoms with van der Waals surface area (Å²) in [5, 5.41) is 3.25. The minimum absolute atomic E-state index is 0.280. The van der Waals surface area contributed by atoms with Crippen LogP contribution in [0.3, 0.4) is 0 Å². The first kappa shape index (κ1) is 14.9. The predicted molar refractivity (Wildman–Crippen MR) is 80.0 cm³/mol. The van der Waals surface area contributed by atoms with Gasteiger partial charge in [0.2, 0.25) is 5.91 Å². The molecule has 1 aromatic carbocycles. The molecule has 1 N–H and O–H groups in total. The molecule has 1 heterocycles. The zero-order chi connectivity index (χ0) is 14.2. The van der Waals surface area contributed by atoms with Crippen molar-refractivity contribution in [2.24, 2.45) is 0 Å². The van der Waals surface area contributed by atoms with E-state index in [0.717, 1.165) is 44.8 Å². The number of nitrogens with one attached hydrogen (secondary N) is 1. The molecule has 1 amide bonds. The normalized spacial score (nSPS) is 15.2. The lowest BCUT2D eigenvalue weighted by Gasteiger charge is -2.27. The van der Waals surface area contributed by atoms with Crippen LogP contribution in [-0.2, 0) is 4.79 Å². The van der Waals surface area contributed by atoms with Crippen LogP contribution in [0.2, 0.25) is 0 Å². The molecule has 1 saturated heterocycles. The van der Waals surface area contributed by atoms with E-state index >= 15 is 0 Å². The third-order valence-electron chi connectivity index (χ3n) is 3.51. The molecule has 0 radical (unpaired) electrons. The van der Waals surface area contributed by atoms with Crippen LogP contribution in [0.1, 0.15) is 24.8 Å². The molecule has 4 heteroatoms. The third-order valence-corrected chi connectivity index (χ3v) is 3.51. The molecule has 110 valence electrons. The van der Waals surface area contributed by atoms with Gasteiger partial charge in [0, 0.05) is 32.6 Å². The molecule has 0 spiro atoms. The lowest BCUT2D eigenvalue weighted by atomic mass is 10.2. The first-order valence-corrected chi connectivity index (χ1v) is 7.44. The smallest absolute Gasteiger partial charge is 0.222 e. The van der Waals surface area contributed by atoms with Crippen LogP contribution in [0.15, 0.2) is 24.3 Å². The van der Waals surface area contributed by atoms with Crippen LogP contribution in [-0.4, -0.2) is 43.6 Å². The summed E-state index contributed by atoms with van der Waals surface area (Å²) in [5.41, 5.74) is 1.20. The molecule has 1 aliphatic rings. The molecule has 0 aromatic heterocycles. The van der Waals surface area contributed by atoms with E-state index in [4.69, 9.17) is 4.74 Å². The first-order chi connectivity index (χ1) is 9.75. The van der Waals surface area contributed by atoms with Crippen LogP contribution < -0.4 is 10.1 Å². The zero-order valence-electron chi connectivity index (χ0n) is 12.2. The van der Waals surface area contributed by atoms with E-state index in [9.17, 15) is 4.79 Å². The predicted octanol–water partition coefficient (Wildman–Crippen LogP) is 1.98. The molecule has 20 heavy (non-hydrogen) atoms. The second kappa shape index (κ2) is 7.90. The maximum absolute atomic E-state index is 11.9. The van der Waals surface area contributed by atoms with Crippen molar-refractivity contribution in [2.45, 2.75) is 26.2 Å². The van der Waals surface area contributed by atoms with Gasteiger partial charge in [-0.25, -0.2) is 0 Å². The van der Waals surface area contributed by atoms with E-state index in [1.165, 1.54) is 5.56 Å². The van der Waals surface area contributed by atoms with Gasteiger partial charge in [-0.15, -0.1) is 0 Å². The van der Waals surface area contributed by atoms with Gasteiger partial charge in [-0.2, -0.15) is 0 Å². The SMILES string of the molecule is Cc1cccc(OCCCCC(=O)N2CCNCC2)c1. The second-order valence-electron chi connectivity index (χ2n) is 5.25. The number of ether oxygens (including phenoxy) is 1. The zero-order valence-corrected chi connectivity index (χ0v) is 12.2. The van der Waals surface area contributed by atoms with Gasteiger partial charge < -0.3 is 15.0 Å². The molecule has 1 aromatic rings. The van der Waals surface area contributed by atoms with Crippen molar-refractivity contribution in [1.82, 2.24) is 10.2 Å². The van der Waals surface area contributed by atoms with Crippen molar-refractivity contribution in [3.05, 3.63) is 29.8 Å². The standard InChI is InChI=1S/C16H24N2O2/c1-14-5-4-6-15(13-14)20-12-3-2-7-16(19)18-10-8-17-9-11-18/h4-6,13,17H,2-3,7-12H2,1H3. The Balaban J connectivity index is 1.58. The Morgan fingerprint density at radius 3 is 2.85 bits per heavy atom. The maximum Gasteiger partial charge on any atom is 0.222 e. The van der Waals surface area contributed by atoms with Crippen molar-refractivity contribution < 1.29 is 9.53 Å². The first-order valence-electron chi connectivity index (χ1n) is 7.44. The number of rotatable bonds is 6. The Morgan fingerprint density at radius 1 is 1.30 bits per heavy atom. The van der Waals surface area contributed by atoms with Crippen LogP contribution in [0.5, 0.6) is 5.75 Å². The monoisotopic (exact) mass is 276 g/mol. The highest BCUT2D eigenvalue weighted by Gasteiger charge is 2.15. The van der Waals surface area contributed by atoms with Crippen molar-refractivity contribution >= 4 is 5.91 Å². The van der Waals surface area contributed by atoms with E-state index < -0.39 is 0 Å². The molecule has 0 bridgehead atoms. The van der Waals surface area contributed by atoms with Crippen molar-refractivity contribution in [1.29, 1.82) is 0 Å². The van der Waals surface area contributed by atoms with Crippen molar-refractivity contribution in [3.63, 3.8) is 0 Å². The number of carbonyl (C=O) groups excluding carboxylic acids is 1. The van der Waals surface area contributed by atoms with Crippen molar-refractivity contribution in [3.8, 4) is 5.75 Å². The number of aryl methyl sites for hydroxylation is 1. The molecule has 1 fully saturated rings. The summed E-state index contributed by atoms with van der Waals surface area (Å²) in [6.45, 7) is 6.26. The fourth-order valence-corrected chi connectivity index (χ4v) is 2.35. The Hall–Kier alpha value is -1.55. The topological polar surface area (TPSA) is 41.6 Å². The fourth-order valence-electron chi connectivity index (χ4n) is 2.35. The molecule has 0 atom stereocenters. The molecule has 2 rings (SSSR count). The number of piperazine rings is 1. The lowest BCUT2D eigenvalue weighted by Crippen LogP contribution is -2.46. The van der Waals surface area contributed by atoms with Crippen LogP contribution in [0.25, 0.3) is 0 Å². The minimum atomic E-state index is 0.280. The number of nitrogens with zero attached hydrogens (tertiary/aromatic N) is 1. The van der Waals surface area contributed by atoms with Gasteiger partial charge in [0.05, 0.1) is 6.61 Å². The molecule has 0 saturated carbocycles. The summed E-state index contributed by atoms with van der Waals surface area (Å²) in [6, 6.07) is 8.06. The minimum Gasteiger partial charge on any atom is -0.494 e. The number of unbranched alkanes of at least 4 members (excludes halogenated alkanes) is 1. The quantitative estimate of drug-likeness (QED) is 0.808. The number of carbonyl (C=O) groups is 1. The second-order valence-corrected chi connectivity index (χ2v) is 5.25. The summed E-state index contributed by atoms with van der Waals surface area (Å²) >= 11 is 0. The van der Waals surface area contributed by atoms with Gasteiger partial charge >= 0.3 is 0 Å². The molecular weight excluding hydrogens is 252 g/mol. The van der Waals surface area contributed by atoms with Gasteiger partial charge in [0.1, 0.15) is 5.75 Å². The maximum atomic E-state index is 11.9. The average molecular weight is 276 g/mol. The van der Waals surface area contributed by atoms with E-state index in [-0.39, 0.29) is 5.91 Å². The summed E-state index contributed by atoms with van der Waals surface area (Å²) in [7, 11) is 0. The van der Waals surface area contributed by atoms with Crippen LogP contribution in [0.4, 0.5) is 0 Å². The van der Waals surface area contributed by atoms with E-state index in [1.54, 1.807) is 0 Å². The highest BCUT2D eigenvalue weighted by atomic mass is 16.5. The van der Waals surface area contributed by atoms with Gasteiger partial charge in [0.25, 0.3) is 0 Å². The highest BCUT2D eigenvalue weighted by molar-refractivity contribution is 5.76. The van der Waals surface area contributed by atoms with Crippen LogP contribution in [0, 0.1) is 6.92 Å². The number of hydrogen-bond acceptors (Lipinski definition) is 3. The van der Waals surface area contributed by atoms with Gasteiger partial charge in [-0.1, -0.05) is 12.1 Å². The van der Waals surface area contributed by atoms with Gasteiger partial charge in [0.15, 0.2) is 0 Å². The van der Waals surface area contributed by atoms with E-state index in [2.05, 4.69) is 18.3 Å².